The maximum Gasteiger partial charge on any atom is 0.119 e. The summed E-state index contributed by atoms with van der Waals surface area (Å²) >= 11 is 0. The van der Waals surface area contributed by atoms with E-state index in [2.05, 4.69) is 91.9 Å². The van der Waals surface area contributed by atoms with Crippen molar-refractivity contribution in [3.63, 3.8) is 0 Å². The molecule has 0 aromatic heterocycles. The van der Waals surface area contributed by atoms with Crippen molar-refractivity contribution >= 4 is 0 Å². The van der Waals surface area contributed by atoms with Gasteiger partial charge in [0.1, 0.15) is 5.75 Å². The van der Waals surface area contributed by atoms with E-state index in [4.69, 9.17) is 4.74 Å². The van der Waals surface area contributed by atoms with E-state index in [0.717, 1.165) is 5.75 Å². The highest BCUT2D eigenvalue weighted by molar-refractivity contribution is 5.86. The minimum absolute atomic E-state index is 0.870. The normalized spacial score (nSPS) is 10.6. The molecule has 0 aliphatic carbocycles. The SMILES string of the molecule is COc1ccc(-c2ccccc2C)c(-c2ccc(-c3ccccc3)cc2)c1. The monoisotopic (exact) mass is 350 g/mol. The maximum absolute atomic E-state index is 5.49. The molecule has 0 heterocycles. The van der Waals surface area contributed by atoms with Gasteiger partial charge in [0.2, 0.25) is 0 Å². The second-order valence-electron chi connectivity index (χ2n) is 6.67. The number of hydrogen-bond acceptors (Lipinski definition) is 1. The van der Waals surface area contributed by atoms with Gasteiger partial charge in [-0.1, -0.05) is 84.9 Å². The number of rotatable bonds is 4. The van der Waals surface area contributed by atoms with E-state index in [1.807, 2.05) is 12.1 Å². The van der Waals surface area contributed by atoms with E-state index in [1.165, 1.54) is 38.9 Å². The summed E-state index contributed by atoms with van der Waals surface area (Å²) in [7, 11) is 1.71. The molecule has 0 amide bonds. The average molecular weight is 350 g/mol. The van der Waals surface area contributed by atoms with Crippen LogP contribution in [0.15, 0.2) is 97.1 Å². The first-order chi connectivity index (χ1) is 13.3. The highest BCUT2D eigenvalue weighted by Crippen LogP contribution is 2.37. The van der Waals surface area contributed by atoms with Crippen molar-refractivity contribution in [2.24, 2.45) is 0 Å². The van der Waals surface area contributed by atoms with Gasteiger partial charge in [-0.2, -0.15) is 0 Å². The van der Waals surface area contributed by atoms with Gasteiger partial charge < -0.3 is 4.74 Å². The second kappa shape index (κ2) is 7.51. The molecule has 0 aliphatic rings. The molecule has 0 N–H and O–H groups in total. The molecule has 0 unspecified atom stereocenters. The van der Waals surface area contributed by atoms with Gasteiger partial charge in [0.25, 0.3) is 0 Å². The number of hydrogen-bond donors (Lipinski definition) is 0. The summed E-state index contributed by atoms with van der Waals surface area (Å²) in [6.45, 7) is 2.15. The summed E-state index contributed by atoms with van der Waals surface area (Å²) in [4.78, 5) is 0. The van der Waals surface area contributed by atoms with Gasteiger partial charge in [-0.05, 0) is 58.0 Å². The average Bonchev–Trinajstić information content (AvgIpc) is 2.74. The Kier molecular flexibility index (Phi) is 4.76. The fourth-order valence-corrected chi connectivity index (χ4v) is 3.47. The van der Waals surface area contributed by atoms with E-state index in [0.29, 0.717) is 0 Å². The number of aryl methyl sites for hydroxylation is 1. The Morgan fingerprint density at radius 1 is 0.519 bits per heavy atom. The van der Waals surface area contributed by atoms with Gasteiger partial charge >= 0.3 is 0 Å². The van der Waals surface area contributed by atoms with Crippen LogP contribution in [-0.2, 0) is 0 Å². The van der Waals surface area contributed by atoms with Gasteiger partial charge in [-0.3, -0.25) is 0 Å². The lowest BCUT2D eigenvalue weighted by Gasteiger charge is -2.14. The standard InChI is InChI=1S/C26H22O/c1-19-8-6-7-11-24(19)25-17-16-23(27-2)18-26(25)22-14-12-21(13-15-22)20-9-4-3-5-10-20/h3-18H,1-2H3. The largest absolute Gasteiger partial charge is 0.497 e. The molecule has 0 atom stereocenters. The lowest BCUT2D eigenvalue weighted by Crippen LogP contribution is -1.91. The topological polar surface area (TPSA) is 9.23 Å². The minimum Gasteiger partial charge on any atom is -0.497 e. The highest BCUT2D eigenvalue weighted by atomic mass is 16.5. The third-order valence-corrected chi connectivity index (χ3v) is 4.97. The lowest BCUT2D eigenvalue weighted by atomic mass is 9.91. The number of ether oxygens (including phenoxy) is 1. The van der Waals surface area contributed by atoms with Crippen molar-refractivity contribution in [2.75, 3.05) is 7.11 Å². The summed E-state index contributed by atoms with van der Waals surface area (Å²) in [5, 5.41) is 0. The van der Waals surface area contributed by atoms with Gasteiger partial charge in [-0.25, -0.2) is 0 Å². The Bertz CT molecular complexity index is 1050. The summed E-state index contributed by atoms with van der Waals surface area (Å²) in [5.41, 5.74) is 8.57. The molecular weight excluding hydrogens is 328 g/mol. The molecule has 0 spiro atoms. The van der Waals surface area contributed by atoms with Crippen LogP contribution in [0.2, 0.25) is 0 Å². The van der Waals surface area contributed by atoms with Crippen molar-refractivity contribution in [3.05, 3.63) is 103 Å². The summed E-state index contributed by atoms with van der Waals surface area (Å²) in [5.74, 6) is 0.870. The summed E-state index contributed by atoms with van der Waals surface area (Å²) < 4.78 is 5.49. The van der Waals surface area contributed by atoms with Crippen LogP contribution >= 0.6 is 0 Å². The molecule has 132 valence electrons. The van der Waals surface area contributed by atoms with Crippen molar-refractivity contribution in [1.29, 1.82) is 0 Å². The Hall–Kier alpha value is -3.32. The number of benzene rings is 4. The molecule has 0 fully saturated rings. The van der Waals surface area contributed by atoms with Crippen LogP contribution in [0.1, 0.15) is 5.56 Å². The Labute approximate surface area is 160 Å². The first kappa shape index (κ1) is 17.1. The predicted molar refractivity (Wildman–Crippen MR) is 114 cm³/mol. The van der Waals surface area contributed by atoms with E-state index in [1.54, 1.807) is 7.11 Å². The van der Waals surface area contributed by atoms with E-state index < -0.39 is 0 Å². The van der Waals surface area contributed by atoms with Gasteiger partial charge in [0.15, 0.2) is 0 Å². The molecule has 27 heavy (non-hydrogen) atoms. The molecule has 4 rings (SSSR count). The van der Waals surface area contributed by atoms with E-state index in [-0.39, 0.29) is 0 Å². The Morgan fingerprint density at radius 2 is 1.15 bits per heavy atom. The Morgan fingerprint density at radius 3 is 1.85 bits per heavy atom. The molecule has 4 aromatic rings. The van der Waals surface area contributed by atoms with Crippen molar-refractivity contribution < 1.29 is 4.74 Å². The van der Waals surface area contributed by atoms with Crippen LogP contribution in [0, 0.1) is 6.92 Å². The zero-order valence-electron chi connectivity index (χ0n) is 15.6. The van der Waals surface area contributed by atoms with Crippen LogP contribution in [0.5, 0.6) is 5.75 Å². The van der Waals surface area contributed by atoms with Crippen LogP contribution in [-0.4, -0.2) is 7.11 Å². The molecule has 0 saturated carbocycles. The third kappa shape index (κ3) is 3.50. The zero-order chi connectivity index (χ0) is 18.6. The molecule has 4 aromatic carbocycles. The maximum atomic E-state index is 5.49. The molecule has 0 bridgehead atoms. The van der Waals surface area contributed by atoms with Crippen molar-refractivity contribution in [3.8, 4) is 39.1 Å². The third-order valence-electron chi connectivity index (χ3n) is 4.97. The summed E-state index contributed by atoms with van der Waals surface area (Å²) in [6.07, 6.45) is 0. The summed E-state index contributed by atoms with van der Waals surface area (Å²) in [6, 6.07) is 34.0. The number of methoxy groups -OCH3 is 1. The second-order valence-corrected chi connectivity index (χ2v) is 6.67. The Balaban J connectivity index is 1.82. The molecule has 0 aliphatic heterocycles. The molecule has 0 saturated heterocycles. The van der Waals surface area contributed by atoms with Crippen LogP contribution in [0.4, 0.5) is 0 Å². The molecule has 1 heteroatoms. The first-order valence-electron chi connectivity index (χ1n) is 9.16. The van der Waals surface area contributed by atoms with Crippen LogP contribution in [0.3, 0.4) is 0 Å². The smallest absolute Gasteiger partial charge is 0.119 e. The highest BCUT2D eigenvalue weighted by Gasteiger charge is 2.11. The van der Waals surface area contributed by atoms with Gasteiger partial charge in [0.05, 0.1) is 7.11 Å². The van der Waals surface area contributed by atoms with Gasteiger partial charge in [-0.15, -0.1) is 0 Å². The quantitative estimate of drug-likeness (QED) is 0.385. The van der Waals surface area contributed by atoms with Crippen LogP contribution < -0.4 is 4.74 Å². The minimum atomic E-state index is 0.870. The molecule has 1 nitrogen and oxygen atoms in total. The fourth-order valence-electron chi connectivity index (χ4n) is 3.47. The predicted octanol–water partition coefficient (Wildman–Crippen LogP) is 7.00. The van der Waals surface area contributed by atoms with E-state index >= 15 is 0 Å². The van der Waals surface area contributed by atoms with Gasteiger partial charge in [0, 0.05) is 0 Å². The molecular formula is C26H22O. The molecule has 0 radical (unpaired) electrons. The van der Waals surface area contributed by atoms with Crippen LogP contribution in [0.25, 0.3) is 33.4 Å². The van der Waals surface area contributed by atoms with Crippen molar-refractivity contribution in [1.82, 2.24) is 0 Å². The fraction of sp³-hybridized carbons (Fsp3) is 0.0769. The lowest BCUT2D eigenvalue weighted by molar-refractivity contribution is 0.415. The first-order valence-corrected chi connectivity index (χ1v) is 9.16. The zero-order valence-corrected chi connectivity index (χ0v) is 15.6. The van der Waals surface area contributed by atoms with E-state index in [9.17, 15) is 0 Å². The van der Waals surface area contributed by atoms with Crippen molar-refractivity contribution in [2.45, 2.75) is 6.92 Å².